The molecule has 0 spiro atoms. The van der Waals surface area contributed by atoms with Crippen LogP contribution < -0.4 is 5.32 Å². The Morgan fingerprint density at radius 2 is 1.76 bits per heavy atom. The van der Waals surface area contributed by atoms with Crippen LogP contribution in [0.15, 0.2) is 35.3 Å². The van der Waals surface area contributed by atoms with E-state index < -0.39 is 0 Å². The summed E-state index contributed by atoms with van der Waals surface area (Å²) in [7, 11) is 4.09. The highest BCUT2D eigenvalue weighted by Gasteiger charge is 2.17. The number of aliphatic imine (C=N–C) groups is 1. The highest BCUT2D eigenvalue weighted by Crippen LogP contribution is 2.05. The lowest BCUT2D eigenvalue weighted by Crippen LogP contribution is -2.48. The zero-order valence-corrected chi connectivity index (χ0v) is 16.4. The van der Waals surface area contributed by atoms with Crippen molar-refractivity contribution in [1.82, 2.24) is 20.0 Å². The summed E-state index contributed by atoms with van der Waals surface area (Å²) < 4.78 is 0. The highest BCUT2D eigenvalue weighted by molar-refractivity contribution is 5.79. The van der Waals surface area contributed by atoms with Crippen molar-refractivity contribution in [2.24, 2.45) is 10.9 Å². The van der Waals surface area contributed by atoms with Crippen molar-refractivity contribution in [3.05, 3.63) is 35.9 Å². The van der Waals surface area contributed by atoms with Crippen LogP contribution in [0.25, 0.3) is 0 Å². The van der Waals surface area contributed by atoms with Crippen molar-refractivity contribution in [1.29, 1.82) is 0 Å². The van der Waals surface area contributed by atoms with Gasteiger partial charge in [-0.05, 0) is 18.0 Å². The fraction of sp³-hybridized carbons (Fsp3) is 0.650. The third-order valence-electron chi connectivity index (χ3n) is 4.77. The van der Waals surface area contributed by atoms with Crippen molar-refractivity contribution >= 4 is 5.96 Å². The predicted molar refractivity (Wildman–Crippen MR) is 107 cm³/mol. The number of piperazine rings is 1. The third kappa shape index (κ3) is 7.04. The quantitative estimate of drug-likeness (QED) is 0.605. The fourth-order valence-corrected chi connectivity index (χ4v) is 3.16. The first-order chi connectivity index (χ1) is 12.1. The minimum Gasteiger partial charge on any atom is -0.356 e. The lowest BCUT2D eigenvalue weighted by atomic mass is 10.1. The predicted octanol–water partition coefficient (Wildman–Crippen LogP) is 1.97. The second-order valence-electron chi connectivity index (χ2n) is 7.24. The number of hydrogen-bond acceptors (Lipinski definition) is 3. The Morgan fingerprint density at radius 1 is 1.12 bits per heavy atom. The molecule has 1 aromatic rings. The van der Waals surface area contributed by atoms with E-state index in [9.17, 15) is 0 Å². The smallest absolute Gasteiger partial charge is 0.193 e. The van der Waals surface area contributed by atoms with Crippen molar-refractivity contribution in [3.63, 3.8) is 0 Å². The minimum atomic E-state index is 0.607. The summed E-state index contributed by atoms with van der Waals surface area (Å²) in [5, 5.41) is 3.54. The van der Waals surface area contributed by atoms with Gasteiger partial charge in [0.2, 0.25) is 0 Å². The van der Waals surface area contributed by atoms with Crippen molar-refractivity contribution in [2.45, 2.75) is 20.4 Å². The number of benzene rings is 1. The number of likely N-dealkylation sites (N-methyl/N-ethyl adjacent to an activating group) is 1. The number of guanidine groups is 1. The van der Waals surface area contributed by atoms with Gasteiger partial charge in [0.1, 0.15) is 0 Å². The average Bonchev–Trinajstić information content (AvgIpc) is 2.63. The molecule has 1 fully saturated rings. The van der Waals surface area contributed by atoms with E-state index in [1.807, 2.05) is 20.2 Å². The molecule has 1 aliphatic rings. The molecule has 0 saturated carbocycles. The summed E-state index contributed by atoms with van der Waals surface area (Å²) in [6.07, 6.45) is 0. The normalized spacial score (nSPS) is 18.2. The summed E-state index contributed by atoms with van der Waals surface area (Å²) in [5.74, 6) is 1.57. The average molecular weight is 346 g/mol. The first kappa shape index (κ1) is 19.7. The van der Waals surface area contributed by atoms with E-state index in [2.05, 4.69) is 58.1 Å². The Morgan fingerprint density at radius 3 is 2.36 bits per heavy atom. The second-order valence-corrected chi connectivity index (χ2v) is 7.24. The van der Waals surface area contributed by atoms with E-state index in [0.717, 1.165) is 19.0 Å². The number of nitrogens with one attached hydrogen (secondary N) is 1. The van der Waals surface area contributed by atoms with Crippen LogP contribution in [-0.4, -0.2) is 80.6 Å². The lowest BCUT2D eigenvalue weighted by molar-refractivity contribution is 0.124. The van der Waals surface area contributed by atoms with Crippen molar-refractivity contribution in [3.8, 4) is 0 Å². The molecule has 5 heteroatoms. The highest BCUT2D eigenvalue weighted by atomic mass is 15.3. The molecule has 1 unspecified atom stereocenters. The van der Waals surface area contributed by atoms with Gasteiger partial charge in [-0.15, -0.1) is 0 Å². The van der Waals surface area contributed by atoms with Gasteiger partial charge < -0.3 is 20.0 Å². The van der Waals surface area contributed by atoms with E-state index in [1.54, 1.807) is 0 Å². The Labute approximate surface area is 153 Å². The summed E-state index contributed by atoms with van der Waals surface area (Å²) in [5.41, 5.74) is 1.24. The Bertz CT molecular complexity index is 506. The monoisotopic (exact) mass is 345 g/mol. The molecule has 25 heavy (non-hydrogen) atoms. The van der Waals surface area contributed by atoms with Crippen LogP contribution in [0.2, 0.25) is 0 Å². The SMILES string of the molecule is CCN1CCN(CC(C)CNC(=NCc2ccccc2)N(C)C)CC1. The molecule has 2 rings (SSSR count). The molecular weight excluding hydrogens is 310 g/mol. The lowest BCUT2D eigenvalue weighted by Gasteiger charge is -2.35. The van der Waals surface area contributed by atoms with Crippen LogP contribution >= 0.6 is 0 Å². The van der Waals surface area contributed by atoms with Crippen LogP contribution in [0.5, 0.6) is 0 Å². The third-order valence-corrected chi connectivity index (χ3v) is 4.77. The molecule has 1 aromatic carbocycles. The van der Waals surface area contributed by atoms with E-state index >= 15 is 0 Å². The summed E-state index contributed by atoms with van der Waals surface area (Å²) in [6, 6.07) is 10.4. The number of nitrogens with zero attached hydrogens (tertiary/aromatic N) is 4. The molecule has 1 atom stereocenters. The summed E-state index contributed by atoms with van der Waals surface area (Å²) in [6.45, 7) is 13.4. The molecule has 5 nitrogen and oxygen atoms in total. The van der Waals surface area contributed by atoms with Gasteiger partial charge in [-0.3, -0.25) is 0 Å². The van der Waals surface area contributed by atoms with Gasteiger partial charge in [-0.25, -0.2) is 4.99 Å². The minimum absolute atomic E-state index is 0.607. The second kappa shape index (κ2) is 10.4. The maximum Gasteiger partial charge on any atom is 0.193 e. The van der Waals surface area contributed by atoms with Crippen LogP contribution in [0, 0.1) is 5.92 Å². The topological polar surface area (TPSA) is 34.1 Å². The van der Waals surface area contributed by atoms with Gasteiger partial charge in [0, 0.05) is 53.4 Å². The summed E-state index contributed by atoms with van der Waals surface area (Å²) >= 11 is 0. The van der Waals surface area contributed by atoms with Gasteiger partial charge in [0.15, 0.2) is 5.96 Å². The Hall–Kier alpha value is -1.59. The van der Waals surface area contributed by atoms with Crippen LogP contribution in [0.1, 0.15) is 19.4 Å². The van der Waals surface area contributed by atoms with Crippen LogP contribution in [0.4, 0.5) is 0 Å². The van der Waals surface area contributed by atoms with Crippen LogP contribution in [0.3, 0.4) is 0 Å². The van der Waals surface area contributed by atoms with Crippen molar-refractivity contribution in [2.75, 3.05) is 59.9 Å². The standard InChI is InChI=1S/C20H35N5/c1-5-24-11-13-25(14-12-24)17-18(2)15-21-20(23(3)4)22-16-19-9-7-6-8-10-19/h6-10,18H,5,11-17H2,1-4H3,(H,21,22). The molecule has 0 aliphatic carbocycles. The van der Waals surface area contributed by atoms with Gasteiger partial charge in [0.05, 0.1) is 6.54 Å². The molecule has 0 radical (unpaired) electrons. The zero-order valence-electron chi connectivity index (χ0n) is 16.4. The molecule has 0 bridgehead atoms. The maximum atomic E-state index is 4.74. The van der Waals surface area contributed by atoms with Crippen molar-refractivity contribution < 1.29 is 0 Å². The van der Waals surface area contributed by atoms with Gasteiger partial charge in [-0.1, -0.05) is 44.2 Å². The molecule has 1 heterocycles. The zero-order chi connectivity index (χ0) is 18.1. The number of rotatable bonds is 7. The molecule has 1 aliphatic heterocycles. The maximum absolute atomic E-state index is 4.74. The van der Waals surface area contributed by atoms with E-state index in [1.165, 1.54) is 38.3 Å². The first-order valence-corrected chi connectivity index (χ1v) is 9.52. The molecule has 1 N–H and O–H groups in total. The molecule has 0 amide bonds. The first-order valence-electron chi connectivity index (χ1n) is 9.52. The van der Waals surface area contributed by atoms with Gasteiger partial charge >= 0.3 is 0 Å². The molecule has 0 aromatic heterocycles. The van der Waals surface area contributed by atoms with E-state index in [4.69, 9.17) is 4.99 Å². The van der Waals surface area contributed by atoms with Gasteiger partial charge in [0.25, 0.3) is 0 Å². The van der Waals surface area contributed by atoms with Gasteiger partial charge in [-0.2, -0.15) is 0 Å². The molecule has 140 valence electrons. The molecule has 1 saturated heterocycles. The summed E-state index contributed by atoms with van der Waals surface area (Å²) in [4.78, 5) is 11.9. The Kier molecular flexibility index (Phi) is 8.22. The molecular formula is C20H35N5. The number of hydrogen-bond donors (Lipinski definition) is 1. The van der Waals surface area contributed by atoms with E-state index in [0.29, 0.717) is 12.5 Å². The fourth-order valence-electron chi connectivity index (χ4n) is 3.16. The van der Waals surface area contributed by atoms with E-state index in [-0.39, 0.29) is 0 Å². The largest absolute Gasteiger partial charge is 0.356 e. The Balaban J connectivity index is 1.76. The van der Waals surface area contributed by atoms with Crippen LogP contribution in [-0.2, 0) is 6.54 Å².